The van der Waals surface area contributed by atoms with Crippen molar-refractivity contribution in [2.24, 2.45) is 0 Å². The maximum Gasteiger partial charge on any atom is 0.161 e. The maximum absolute atomic E-state index is 11.2. The lowest BCUT2D eigenvalue weighted by molar-refractivity contribution is 0.101. The number of carbonyl (C=O) groups excluding carboxylic acids is 1. The minimum absolute atomic E-state index is 0.0745. The normalized spacial score (nSPS) is 10.6. The van der Waals surface area contributed by atoms with E-state index < -0.39 is 0 Å². The molecule has 2 aromatic rings. The second-order valence-electron chi connectivity index (χ2n) is 3.04. The van der Waals surface area contributed by atoms with E-state index in [1.54, 1.807) is 13.1 Å². The maximum atomic E-state index is 11.2. The lowest BCUT2D eigenvalue weighted by Gasteiger charge is -1.99. The number of carbonyl (C=O) groups is 1. The third-order valence-electron chi connectivity index (χ3n) is 2.14. The van der Waals surface area contributed by atoms with Crippen molar-refractivity contribution < 1.29 is 4.79 Å². The first-order valence-corrected chi connectivity index (χ1v) is 4.14. The average Bonchev–Trinajstić information content (AvgIpc) is 2.48. The van der Waals surface area contributed by atoms with Crippen molar-refractivity contribution in [1.29, 1.82) is 0 Å². The molecule has 0 aromatic carbocycles. The van der Waals surface area contributed by atoms with Gasteiger partial charge in [0.05, 0.1) is 11.7 Å². The summed E-state index contributed by atoms with van der Waals surface area (Å²) in [5.41, 5.74) is 1.61. The molecule has 0 aliphatic rings. The topological polar surface area (TPSA) is 34.4 Å². The Balaban J connectivity index is 2.84. The lowest BCUT2D eigenvalue weighted by Crippen LogP contribution is -1.96. The Hall–Kier alpha value is -1.64. The van der Waals surface area contributed by atoms with Crippen molar-refractivity contribution in [1.82, 2.24) is 9.38 Å². The van der Waals surface area contributed by atoms with Crippen LogP contribution >= 0.6 is 0 Å². The Morgan fingerprint density at radius 1 is 1.54 bits per heavy atom. The Labute approximate surface area is 76.0 Å². The predicted octanol–water partition coefficient (Wildman–Crippen LogP) is 1.85. The first kappa shape index (κ1) is 7.98. The monoisotopic (exact) mass is 174 g/mol. The van der Waals surface area contributed by atoms with Gasteiger partial charge in [-0.2, -0.15) is 0 Å². The van der Waals surface area contributed by atoms with Gasteiger partial charge in [-0.25, -0.2) is 4.98 Å². The van der Waals surface area contributed by atoms with Crippen LogP contribution in [0.25, 0.3) is 5.52 Å². The van der Waals surface area contributed by atoms with Crippen LogP contribution in [0.3, 0.4) is 0 Å². The molecule has 2 heterocycles. The van der Waals surface area contributed by atoms with Crippen molar-refractivity contribution in [3.8, 4) is 0 Å². The molecule has 0 spiro atoms. The molecule has 2 aromatic heterocycles. The van der Waals surface area contributed by atoms with E-state index >= 15 is 0 Å². The number of fused-ring (bicyclic) bond motifs is 1. The molecule has 0 bridgehead atoms. The smallest absolute Gasteiger partial charge is 0.161 e. The molecule has 0 radical (unpaired) electrons. The number of pyridine rings is 1. The van der Waals surface area contributed by atoms with Crippen LogP contribution in [-0.2, 0) is 0 Å². The Morgan fingerprint density at radius 3 is 3.00 bits per heavy atom. The van der Waals surface area contributed by atoms with Crippen LogP contribution in [-0.4, -0.2) is 15.2 Å². The molecule has 0 amide bonds. The molecule has 0 atom stereocenters. The van der Waals surface area contributed by atoms with Gasteiger partial charge in [-0.15, -0.1) is 0 Å². The third-order valence-corrected chi connectivity index (χ3v) is 2.14. The molecule has 0 unspecified atom stereocenters. The lowest BCUT2D eigenvalue weighted by atomic mass is 10.2. The molecule has 0 aliphatic heterocycles. The van der Waals surface area contributed by atoms with Crippen molar-refractivity contribution in [3.05, 3.63) is 35.9 Å². The van der Waals surface area contributed by atoms with Gasteiger partial charge in [0, 0.05) is 11.8 Å². The molecule has 0 saturated carbocycles. The van der Waals surface area contributed by atoms with E-state index in [9.17, 15) is 4.79 Å². The zero-order valence-corrected chi connectivity index (χ0v) is 7.61. The van der Waals surface area contributed by atoms with Gasteiger partial charge in [-0.05, 0) is 26.0 Å². The molecule has 13 heavy (non-hydrogen) atoms. The van der Waals surface area contributed by atoms with E-state index in [0.717, 1.165) is 16.9 Å². The third kappa shape index (κ3) is 1.13. The molecule has 3 nitrogen and oxygen atoms in total. The fourth-order valence-electron chi connectivity index (χ4n) is 1.45. The van der Waals surface area contributed by atoms with E-state index in [0.29, 0.717) is 0 Å². The summed E-state index contributed by atoms with van der Waals surface area (Å²) >= 11 is 0. The molecule has 0 saturated heterocycles. The summed E-state index contributed by atoms with van der Waals surface area (Å²) in [6, 6.07) is 3.68. The Bertz CT molecular complexity index is 471. The number of aromatic nitrogens is 2. The van der Waals surface area contributed by atoms with Gasteiger partial charge < -0.3 is 4.40 Å². The van der Waals surface area contributed by atoms with Crippen molar-refractivity contribution in [3.63, 3.8) is 0 Å². The summed E-state index contributed by atoms with van der Waals surface area (Å²) < 4.78 is 1.91. The zero-order valence-electron chi connectivity index (χ0n) is 7.61. The highest BCUT2D eigenvalue weighted by molar-refractivity contribution is 6.00. The number of hydrogen-bond donors (Lipinski definition) is 0. The zero-order chi connectivity index (χ0) is 9.42. The molecular weight excluding hydrogens is 164 g/mol. The van der Waals surface area contributed by atoms with Crippen LogP contribution in [0.15, 0.2) is 24.5 Å². The second-order valence-corrected chi connectivity index (χ2v) is 3.04. The number of hydrogen-bond acceptors (Lipinski definition) is 2. The number of rotatable bonds is 1. The van der Waals surface area contributed by atoms with E-state index in [4.69, 9.17) is 0 Å². The van der Waals surface area contributed by atoms with Crippen LogP contribution in [0, 0.1) is 6.92 Å². The van der Waals surface area contributed by atoms with Crippen LogP contribution in [0.5, 0.6) is 0 Å². The number of ketones is 1. The fraction of sp³-hybridized carbons (Fsp3) is 0.200. The van der Waals surface area contributed by atoms with E-state index in [1.807, 2.05) is 29.7 Å². The molecule has 3 heteroatoms. The van der Waals surface area contributed by atoms with Crippen LogP contribution < -0.4 is 0 Å². The van der Waals surface area contributed by atoms with E-state index in [2.05, 4.69) is 4.98 Å². The molecule has 0 N–H and O–H groups in total. The van der Waals surface area contributed by atoms with Crippen molar-refractivity contribution in [2.45, 2.75) is 13.8 Å². The predicted molar refractivity (Wildman–Crippen MR) is 49.9 cm³/mol. The van der Waals surface area contributed by atoms with Crippen molar-refractivity contribution >= 4 is 11.3 Å². The molecule has 2 rings (SSSR count). The number of imidazole rings is 1. The van der Waals surface area contributed by atoms with Gasteiger partial charge in [0.25, 0.3) is 0 Å². The minimum Gasteiger partial charge on any atom is -0.303 e. The van der Waals surface area contributed by atoms with Crippen molar-refractivity contribution in [2.75, 3.05) is 0 Å². The highest BCUT2D eigenvalue weighted by Gasteiger charge is 2.06. The van der Waals surface area contributed by atoms with E-state index in [1.165, 1.54) is 0 Å². The number of Topliss-reactive ketones (excluding diaryl/α,β-unsaturated/α-hetero) is 1. The van der Waals surface area contributed by atoms with Gasteiger partial charge in [-0.3, -0.25) is 4.79 Å². The summed E-state index contributed by atoms with van der Waals surface area (Å²) in [5, 5.41) is 0. The highest BCUT2D eigenvalue weighted by Crippen LogP contribution is 2.12. The molecule has 66 valence electrons. The van der Waals surface area contributed by atoms with Gasteiger partial charge in [0.15, 0.2) is 5.78 Å². The average molecular weight is 174 g/mol. The minimum atomic E-state index is 0.0745. The van der Waals surface area contributed by atoms with Crippen LogP contribution in [0.1, 0.15) is 23.1 Å². The van der Waals surface area contributed by atoms with Gasteiger partial charge >= 0.3 is 0 Å². The van der Waals surface area contributed by atoms with Crippen LogP contribution in [0.2, 0.25) is 0 Å². The van der Waals surface area contributed by atoms with Gasteiger partial charge in [0.2, 0.25) is 0 Å². The molecular formula is C10H10N2O. The Morgan fingerprint density at radius 2 is 2.31 bits per heavy atom. The standard InChI is InChI=1S/C10H10N2O/c1-7(13)9-4-3-5-12-8(2)11-6-10(9)12/h3-6H,1-2H3. The number of nitrogens with zero attached hydrogens (tertiary/aromatic N) is 2. The second kappa shape index (κ2) is 2.69. The number of aryl methyl sites for hydroxylation is 1. The Kier molecular flexibility index (Phi) is 1.65. The summed E-state index contributed by atoms with van der Waals surface area (Å²) in [5.74, 6) is 0.976. The highest BCUT2D eigenvalue weighted by atomic mass is 16.1. The quantitative estimate of drug-likeness (QED) is 0.618. The van der Waals surface area contributed by atoms with Gasteiger partial charge in [0.1, 0.15) is 5.82 Å². The molecule has 0 aliphatic carbocycles. The van der Waals surface area contributed by atoms with Crippen LogP contribution in [0.4, 0.5) is 0 Å². The van der Waals surface area contributed by atoms with Gasteiger partial charge in [-0.1, -0.05) is 0 Å². The summed E-state index contributed by atoms with van der Waals surface area (Å²) in [6.07, 6.45) is 3.64. The summed E-state index contributed by atoms with van der Waals surface area (Å²) in [7, 11) is 0. The first-order valence-electron chi connectivity index (χ1n) is 4.14. The first-order chi connectivity index (χ1) is 6.20. The summed E-state index contributed by atoms with van der Waals surface area (Å²) in [4.78, 5) is 15.4. The SMILES string of the molecule is CC(=O)c1cccn2c(C)ncc12. The summed E-state index contributed by atoms with van der Waals surface area (Å²) in [6.45, 7) is 3.48. The van der Waals surface area contributed by atoms with E-state index in [-0.39, 0.29) is 5.78 Å². The molecule has 0 fully saturated rings. The fourth-order valence-corrected chi connectivity index (χ4v) is 1.45. The largest absolute Gasteiger partial charge is 0.303 e.